The molecule has 1 aliphatic rings. The van der Waals surface area contributed by atoms with Crippen LogP contribution in [0.2, 0.25) is 0 Å². The molecule has 1 atom stereocenters. The minimum Gasteiger partial charge on any atom is -0.310 e. The van der Waals surface area contributed by atoms with Crippen molar-refractivity contribution in [1.82, 2.24) is 5.32 Å². The van der Waals surface area contributed by atoms with E-state index in [9.17, 15) is 8.78 Å². The first-order valence-corrected chi connectivity index (χ1v) is 7.89. The van der Waals surface area contributed by atoms with Crippen LogP contribution in [-0.4, -0.2) is 6.54 Å². The van der Waals surface area contributed by atoms with Crippen molar-refractivity contribution in [3.05, 3.63) is 35.4 Å². The quantitative estimate of drug-likeness (QED) is 0.751. The van der Waals surface area contributed by atoms with E-state index in [1.807, 2.05) is 6.92 Å². The Kier molecular flexibility index (Phi) is 5.96. The summed E-state index contributed by atoms with van der Waals surface area (Å²) in [6, 6.07) is 3.94. The van der Waals surface area contributed by atoms with Crippen molar-refractivity contribution in [3.8, 4) is 0 Å². The molecule has 3 heteroatoms. The molecule has 1 nitrogen and oxygen atoms in total. The van der Waals surface area contributed by atoms with Crippen molar-refractivity contribution >= 4 is 0 Å². The molecule has 0 heterocycles. The summed E-state index contributed by atoms with van der Waals surface area (Å²) in [5.41, 5.74) is 0.221. The molecule has 1 aromatic rings. The third-order valence-electron chi connectivity index (χ3n) is 4.34. The van der Waals surface area contributed by atoms with Crippen molar-refractivity contribution in [2.24, 2.45) is 5.92 Å². The minimum atomic E-state index is -0.426. The van der Waals surface area contributed by atoms with Crippen LogP contribution in [0.1, 0.15) is 63.5 Å². The van der Waals surface area contributed by atoms with Crippen molar-refractivity contribution in [2.75, 3.05) is 6.54 Å². The Bertz CT molecular complexity index is 391. The van der Waals surface area contributed by atoms with Crippen LogP contribution in [0.5, 0.6) is 0 Å². The molecule has 0 bridgehead atoms. The van der Waals surface area contributed by atoms with Gasteiger partial charge in [0.25, 0.3) is 0 Å². The zero-order valence-electron chi connectivity index (χ0n) is 12.3. The van der Waals surface area contributed by atoms with E-state index >= 15 is 0 Å². The molecule has 1 fully saturated rings. The van der Waals surface area contributed by atoms with Crippen LogP contribution in [0.3, 0.4) is 0 Å². The van der Waals surface area contributed by atoms with Crippen LogP contribution < -0.4 is 5.32 Å². The Hall–Kier alpha value is -0.960. The molecule has 1 saturated carbocycles. The second-order valence-corrected chi connectivity index (χ2v) is 5.84. The van der Waals surface area contributed by atoms with Crippen LogP contribution in [-0.2, 0) is 0 Å². The number of rotatable bonds is 5. The largest absolute Gasteiger partial charge is 0.310 e. The SMILES string of the molecule is CCNC(CC1CCCCCC1)c1c(F)cccc1F. The maximum Gasteiger partial charge on any atom is 0.130 e. The van der Waals surface area contributed by atoms with Crippen LogP contribution >= 0.6 is 0 Å². The van der Waals surface area contributed by atoms with Crippen molar-refractivity contribution in [3.63, 3.8) is 0 Å². The summed E-state index contributed by atoms with van der Waals surface area (Å²) in [6.07, 6.45) is 8.33. The van der Waals surface area contributed by atoms with Gasteiger partial charge in [0.15, 0.2) is 0 Å². The van der Waals surface area contributed by atoms with Gasteiger partial charge < -0.3 is 5.32 Å². The lowest BCUT2D eigenvalue weighted by Crippen LogP contribution is -2.25. The molecule has 20 heavy (non-hydrogen) atoms. The number of hydrogen-bond donors (Lipinski definition) is 1. The molecule has 0 aromatic heterocycles. The predicted octanol–water partition coefficient (Wildman–Crippen LogP) is 4.98. The lowest BCUT2D eigenvalue weighted by atomic mass is 9.89. The molecule has 0 aliphatic heterocycles. The average Bonchev–Trinajstić information content (AvgIpc) is 2.67. The van der Waals surface area contributed by atoms with E-state index in [1.54, 1.807) is 0 Å². The van der Waals surface area contributed by atoms with Crippen LogP contribution in [0, 0.1) is 17.6 Å². The van der Waals surface area contributed by atoms with Crippen molar-refractivity contribution in [1.29, 1.82) is 0 Å². The van der Waals surface area contributed by atoms with Gasteiger partial charge >= 0.3 is 0 Å². The Morgan fingerprint density at radius 2 is 1.70 bits per heavy atom. The fraction of sp³-hybridized carbons (Fsp3) is 0.647. The Morgan fingerprint density at radius 1 is 1.10 bits per heavy atom. The summed E-state index contributed by atoms with van der Waals surface area (Å²) in [4.78, 5) is 0. The van der Waals surface area contributed by atoms with Gasteiger partial charge in [-0.05, 0) is 31.0 Å². The molecule has 1 unspecified atom stereocenters. The molecule has 1 N–H and O–H groups in total. The summed E-state index contributed by atoms with van der Waals surface area (Å²) in [5, 5.41) is 3.27. The zero-order chi connectivity index (χ0) is 14.4. The molecular weight excluding hydrogens is 256 g/mol. The average molecular weight is 281 g/mol. The van der Waals surface area contributed by atoms with Crippen LogP contribution in [0.4, 0.5) is 8.78 Å². The fourth-order valence-corrected chi connectivity index (χ4v) is 3.33. The predicted molar refractivity (Wildman–Crippen MR) is 78.6 cm³/mol. The Labute approximate surface area is 120 Å². The highest BCUT2D eigenvalue weighted by molar-refractivity contribution is 5.23. The standard InChI is InChI=1S/C17H25F2N/c1-2-20-16(12-13-8-5-3-4-6-9-13)17-14(18)10-7-11-15(17)19/h7,10-11,13,16,20H,2-6,8-9,12H2,1H3. The second-order valence-electron chi connectivity index (χ2n) is 5.84. The fourth-order valence-electron chi connectivity index (χ4n) is 3.33. The molecule has 2 rings (SSSR count). The third-order valence-corrected chi connectivity index (χ3v) is 4.34. The second kappa shape index (κ2) is 7.72. The van der Waals surface area contributed by atoms with Gasteiger partial charge in [0.2, 0.25) is 0 Å². The van der Waals surface area contributed by atoms with Crippen LogP contribution in [0.15, 0.2) is 18.2 Å². The summed E-state index contributed by atoms with van der Waals surface area (Å²) >= 11 is 0. The van der Waals surface area contributed by atoms with E-state index in [-0.39, 0.29) is 11.6 Å². The number of halogens is 2. The Morgan fingerprint density at radius 3 is 2.25 bits per heavy atom. The highest BCUT2D eigenvalue weighted by Crippen LogP contribution is 2.32. The van der Waals surface area contributed by atoms with Gasteiger partial charge in [-0.15, -0.1) is 0 Å². The first-order chi connectivity index (χ1) is 9.72. The highest BCUT2D eigenvalue weighted by atomic mass is 19.1. The topological polar surface area (TPSA) is 12.0 Å². The molecule has 0 spiro atoms. The van der Waals surface area contributed by atoms with E-state index < -0.39 is 11.6 Å². The van der Waals surface area contributed by atoms with E-state index in [0.29, 0.717) is 5.92 Å². The number of nitrogens with one attached hydrogen (secondary N) is 1. The molecular formula is C17H25F2N. The first kappa shape index (κ1) is 15.4. The number of hydrogen-bond acceptors (Lipinski definition) is 1. The molecule has 0 amide bonds. The summed E-state index contributed by atoms with van der Waals surface area (Å²) in [6.45, 7) is 2.71. The maximum atomic E-state index is 14.0. The van der Waals surface area contributed by atoms with Gasteiger partial charge in [-0.2, -0.15) is 0 Å². The highest BCUT2D eigenvalue weighted by Gasteiger charge is 2.23. The summed E-state index contributed by atoms with van der Waals surface area (Å²) in [5.74, 6) is -0.269. The lowest BCUT2D eigenvalue weighted by molar-refractivity contribution is 0.346. The first-order valence-electron chi connectivity index (χ1n) is 7.89. The lowest BCUT2D eigenvalue weighted by Gasteiger charge is -2.24. The third kappa shape index (κ3) is 4.02. The number of benzene rings is 1. The maximum absolute atomic E-state index is 14.0. The molecule has 1 aromatic carbocycles. The van der Waals surface area contributed by atoms with Gasteiger partial charge in [0, 0.05) is 11.6 Å². The zero-order valence-corrected chi connectivity index (χ0v) is 12.3. The summed E-state index contributed by atoms with van der Waals surface area (Å²) < 4.78 is 28.0. The van der Waals surface area contributed by atoms with E-state index in [1.165, 1.54) is 56.7 Å². The van der Waals surface area contributed by atoms with E-state index in [2.05, 4.69) is 5.32 Å². The smallest absolute Gasteiger partial charge is 0.130 e. The van der Waals surface area contributed by atoms with Gasteiger partial charge in [0.05, 0.1) is 0 Å². The summed E-state index contributed by atoms with van der Waals surface area (Å²) in [7, 11) is 0. The van der Waals surface area contributed by atoms with Gasteiger partial charge in [-0.1, -0.05) is 51.5 Å². The van der Waals surface area contributed by atoms with Gasteiger partial charge in [-0.25, -0.2) is 8.78 Å². The van der Waals surface area contributed by atoms with Gasteiger partial charge in [0.1, 0.15) is 11.6 Å². The Balaban J connectivity index is 2.13. The van der Waals surface area contributed by atoms with Gasteiger partial charge in [-0.3, -0.25) is 0 Å². The molecule has 0 radical (unpaired) electrons. The van der Waals surface area contributed by atoms with Crippen molar-refractivity contribution < 1.29 is 8.78 Å². The molecule has 0 saturated heterocycles. The normalized spacial score (nSPS) is 18.8. The van der Waals surface area contributed by atoms with Crippen LogP contribution in [0.25, 0.3) is 0 Å². The van der Waals surface area contributed by atoms with E-state index in [0.717, 1.165) is 13.0 Å². The molecule has 112 valence electrons. The van der Waals surface area contributed by atoms with E-state index in [4.69, 9.17) is 0 Å². The monoisotopic (exact) mass is 281 g/mol. The molecule has 1 aliphatic carbocycles. The minimum absolute atomic E-state index is 0.204. The van der Waals surface area contributed by atoms with Crippen molar-refractivity contribution in [2.45, 2.75) is 57.9 Å².